The molecule has 0 aliphatic heterocycles. The second-order valence-corrected chi connectivity index (χ2v) is 4.91. The standard InChI is InChI=1S/C16H11F5N2O2/c1-8-3-2-4-9(5-8)23-11(24)7-25-22-6-10-12(17)14(19)16(21)15(20)13(10)18/h2-6H,7H2,1H3,(H,23,24). The van der Waals surface area contributed by atoms with Gasteiger partial charge < -0.3 is 10.2 Å². The monoisotopic (exact) mass is 358 g/mol. The zero-order valence-corrected chi connectivity index (χ0v) is 12.7. The number of nitrogens with zero attached hydrogens (tertiary/aromatic N) is 1. The number of benzene rings is 2. The molecule has 0 radical (unpaired) electrons. The number of halogens is 5. The van der Waals surface area contributed by atoms with Gasteiger partial charge in [0.05, 0.1) is 11.8 Å². The summed E-state index contributed by atoms with van der Waals surface area (Å²) in [6, 6.07) is 6.85. The summed E-state index contributed by atoms with van der Waals surface area (Å²) in [5.74, 6) is -11.2. The third-order valence-corrected chi connectivity index (χ3v) is 3.00. The van der Waals surface area contributed by atoms with Crippen LogP contribution in [0.2, 0.25) is 0 Å². The Morgan fingerprint density at radius 3 is 2.28 bits per heavy atom. The largest absolute Gasteiger partial charge is 0.386 e. The van der Waals surface area contributed by atoms with Crippen LogP contribution in [0.25, 0.3) is 0 Å². The second kappa shape index (κ2) is 7.73. The van der Waals surface area contributed by atoms with Crippen LogP contribution in [0, 0.1) is 36.0 Å². The van der Waals surface area contributed by atoms with Crippen molar-refractivity contribution < 1.29 is 31.6 Å². The normalized spacial score (nSPS) is 11.0. The molecule has 0 aliphatic carbocycles. The Balaban J connectivity index is 1.99. The molecule has 1 amide bonds. The third kappa shape index (κ3) is 4.31. The molecule has 1 N–H and O–H groups in total. The van der Waals surface area contributed by atoms with E-state index in [0.29, 0.717) is 11.9 Å². The number of nitrogens with one attached hydrogen (secondary N) is 1. The van der Waals surface area contributed by atoms with E-state index in [1.807, 2.05) is 13.0 Å². The fraction of sp³-hybridized carbons (Fsp3) is 0.125. The summed E-state index contributed by atoms with van der Waals surface area (Å²) in [5, 5.41) is 5.53. The molecule has 0 saturated heterocycles. The third-order valence-electron chi connectivity index (χ3n) is 3.00. The number of carbonyl (C=O) groups is 1. The van der Waals surface area contributed by atoms with Crippen molar-refractivity contribution in [1.82, 2.24) is 0 Å². The molecule has 2 aromatic rings. The van der Waals surface area contributed by atoms with Crippen molar-refractivity contribution in [2.75, 3.05) is 11.9 Å². The van der Waals surface area contributed by atoms with E-state index in [2.05, 4.69) is 15.3 Å². The summed E-state index contributed by atoms with van der Waals surface area (Å²) in [5.41, 5.74) is 0.135. The summed E-state index contributed by atoms with van der Waals surface area (Å²) in [4.78, 5) is 16.1. The number of carbonyl (C=O) groups excluding carboxylic acids is 1. The maximum absolute atomic E-state index is 13.4. The van der Waals surface area contributed by atoms with Gasteiger partial charge in [0, 0.05) is 5.69 Å². The van der Waals surface area contributed by atoms with E-state index < -0.39 is 47.2 Å². The van der Waals surface area contributed by atoms with Gasteiger partial charge in [-0.3, -0.25) is 4.79 Å². The summed E-state index contributed by atoms with van der Waals surface area (Å²) >= 11 is 0. The van der Waals surface area contributed by atoms with Gasteiger partial charge in [0.2, 0.25) is 5.82 Å². The zero-order valence-electron chi connectivity index (χ0n) is 12.7. The molecule has 0 unspecified atom stereocenters. The van der Waals surface area contributed by atoms with Crippen molar-refractivity contribution in [1.29, 1.82) is 0 Å². The van der Waals surface area contributed by atoms with Crippen LogP contribution in [0.15, 0.2) is 29.4 Å². The highest BCUT2D eigenvalue weighted by Crippen LogP contribution is 2.21. The first-order valence-corrected chi connectivity index (χ1v) is 6.84. The van der Waals surface area contributed by atoms with Gasteiger partial charge in [0.15, 0.2) is 29.9 Å². The van der Waals surface area contributed by atoms with Crippen molar-refractivity contribution in [2.45, 2.75) is 6.92 Å². The van der Waals surface area contributed by atoms with Gasteiger partial charge in [0.25, 0.3) is 5.91 Å². The lowest BCUT2D eigenvalue weighted by Crippen LogP contribution is -2.17. The van der Waals surface area contributed by atoms with Crippen LogP contribution in [0.3, 0.4) is 0 Å². The van der Waals surface area contributed by atoms with Crippen molar-refractivity contribution in [3.8, 4) is 0 Å². The van der Waals surface area contributed by atoms with Gasteiger partial charge in [-0.2, -0.15) is 0 Å². The lowest BCUT2D eigenvalue weighted by Gasteiger charge is -2.05. The van der Waals surface area contributed by atoms with Crippen LogP contribution in [-0.4, -0.2) is 18.7 Å². The van der Waals surface area contributed by atoms with E-state index in [9.17, 15) is 26.7 Å². The number of amides is 1. The van der Waals surface area contributed by atoms with Crippen LogP contribution in [-0.2, 0) is 9.63 Å². The van der Waals surface area contributed by atoms with Crippen molar-refractivity contribution in [2.24, 2.45) is 5.16 Å². The maximum Gasteiger partial charge on any atom is 0.265 e. The van der Waals surface area contributed by atoms with E-state index in [1.54, 1.807) is 18.2 Å². The van der Waals surface area contributed by atoms with Crippen molar-refractivity contribution in [3.05, 3.63) is 64.5 Å². The second-order valence-electron chi connectivity index (χ2n) is 4.91. The molecular formula is C16H11F5N2O2. The number of aryl methyl sites for hydroxylation is 1. The summed E-state index contributed by atoms with van der Waals surface area (Å²) in [7, 11) is 0. The van der Waals surface area contributed by atoms with Gasteiger partial charge in [-0.1, -0.05) is 17.3 Å². The van der Waals surface area contributed by atoms with Crippen molar-refractivity contribution in [3.63, 3.8) is 0 Å². The van der Waals surface area contributed by atoms with Gasteiger partial charge in [-0.05, 0) is 24.6 Å². The zero-order chi connectivity index (χ0) is 18.6. The van der Waals surface area contributed by atoms with E-state index in [-0.39, 0.29) is 0 Å². The Morgan fingerprint density at radius 2 is 1.68 bits per heavy atom. The van der Waals surface area contributed by atoms with E-state index in [4.69, 9.17) is 0 Å². The first-order chi connectivity index (χ1) is 11.8. The quantitative estimate of drug-likeness (QED) is 0.291. The lowest BCUT2D eigenvalue weighted by molar-refractivity contribution is -0.120. The molecule has 4 nitrogen and oxygen atoms in total. The molecule has 0 saturated carbocycles. The predicted octanol–water partition coefficient (Wildman–Crippen LogP) is 3.68. The van der Waals surface area contributed by atoms with Crippen LogP contribution in [0.1, 0.15) is 11.1 Å². The number of rotatable bonds is 5. The molecule has 2 aromatic carbocycles. The molecule has 9 heteroatoms. The highest BCUT2D eigenvalue weighted by Gasteiger charge is 2.24. The van der Waals surface area contributed by atoms with Crippen LogP contribution < -0.4 is 5.32 Å². The molecule has 0 fully saturated rings. The summed E-state index contributed by atoms with van der Waals surface area (Å²) in [6.45, 7) is 1.19. The number of hydrogen-bond acceptors (Lipinski definition) is 3. The van der Waals surface area contributed by atoms with Crippen LogP contribution in [0.5, 0.6) is 0 Å². The minimum absolute atomic E-state index is 0.302. The van der Waals surface area contributed by atoms with Gasteiger partial charge in [0.1, 0.15) is 0 Å². The SMILES string of the molecule is Cc1cccc(NC(=O)CON=Cc2c(F)c(F)c(F)c(F)c2F)c1. The highest BCUT2D eigenvalue weighted by molar-refractivity contribution is 5.91. The molecule has 0 heterocycles. The van der Waals surface area contributed by atoms with Crippen LogP contribution in [0.4, 0.5) is 27.6 Å². The first kappa shape index (κ1) is 18.4. The Kier molecular flexibility index (Phi) is 5.68. The molecule has 0 bridgehead atoms. The minimum Gasteiger partial charge on any atom is -0.386 e. The van der Waals surface area contributed by atoms with E-state index in [1.165, 1.54) is 0 Å². The number of anilines is 1. The van der Waals surface area contributed by atoms with Crippen LogP contribution >= 0.6 is 0 Å². The average Bonchev–Trinajstić information content (AvgIpc) is 2.57. The van der Waals surface area contributed by atoms with Gasteiger partial charge >= 0.3 is 0 Å². The molecular weight excluding hydrogens is 347 g/mol. The lowest BCUT2D eigenvalue weighted by atomic mass is 10.2. The van der Waals surface area contributed by atoms with E-state index in [0.717, 1.165) is 5.56 Å². The predicted molar refractivity (Wildman–Crippen MR) is 79.6 cm³/mol. The minimum atomic E-state index is -2.27. The Bertz CT molecular complexity index is 811. The Morgan fingerprint density at radius 1 is 1.08 bits per heavy atom. The maximum atomic E-state index is 13.4. The van der Waals surface area contributed by atoms with Gasteiger partial charge in [-0.15, -0.1) is 0 Å². The smallest absolute Gasteiger partial charge is 0.265 e. The topological polar surface area (TPSA) is 50.7 Å². The average molecular weight is 358 g/mol. The number of hydrogen-bond donors (Lipinski definition) is 1. The first-order valence-electron chi connectivity index (χ1n) is 6.84. The van der Waals surface area contributed by atoms with E-state index >= 15 is 0 Å². The summed E-state index contributed by atoms with van der Waals surface area (Å²) < 4.78 is 65.6. The molecule has 0 atom stereocenters. The number of oxime groups is 1. The Hall–Kier alpha value is -2.97. The molecule has 0 aliphatic rings. The molecule has 132 valence electrons. The summed E-state index contributed by atoms with van der Waals surface area (Å²) in [6.07, 6.45) is 0.302. The van der Waals surface area contributed by atoms with Crippen molar-refractivity contribution >= 4 is 17.8 Å². The van der Waals surface area contributed by atoms with Gasteiger partial charge in [-0.25, -0.2) is 22.0 Å². The highest BCUT2D eigenvalue weighted by atomic mass is 19.2. The Labute approximate surface area is 138 Å². The fourth-order valence-corrected chi connectivity index (χ4v) is 1.84. The molecule has 0 spiro atoms. The molecule has 0 aromatic heterocycles. The molecule has 2 rings (SSSR count). The molecule has 25 heavy (non-hydrogen) atoms. The fourth-order valence-electron chi connectivity index (χ4n) is 1.84.